The smallest absolute Gasteiger partial charge is 0.323 e. The van der Waals surface area contributed by atoms with Crippen molar-refractivity contribution in [3.63, 3.8) is 0 Å². The first-order valence-corrected chi connectivity index (χ1v) is 7.39. The summed E-state index contributed by atoms with van der Waals surface area (Å²) in [6.07, 6.45) is 0. The summed E-state index contributed by atoms with van der Waals surface area (Å²) in [5.41, 5.74) is 0. The summed E-state index contributed by atoms with van der Waals surface area (Å²) in [7, 11) is -3.77. The molecule has 0 aromatic heterocycles. The fourth-order valence-electron chi connectivity index (χ4n) is 1.49. The number of hydrogen-bond donors (Lipinski definition) is 2. The molecule has 0 aliphatic rings. The molecule has 8 heteroatoms. The molecule has 110 valence electrons. The highest BCUT2D eigenvalue weighted by molar-refractivity contribution is 7.89. The topological polar surface area (TPSA) is 104 Å². The molecule has 1 rings (SSSR count). The number of aliphatic carboxylic acids is 1. The minimum atomic E-state index is -3.77. The van der Waals surface area contributed by atoms with Gasteiger partial charge in [0.25, 0.3) is 0 Å². The van der Waals surface area contributed by atoms with Crippen molar-refractivity contribution in [2.24, 2.45) is 0 Å². The molecule has 1 aromatic rings. The lowest BCUT2D eigenvalue weighted by Gasteiger charge is -2.18. The van der Waals surface area contributed by atoms with Crippen molar-refractivity contribution in [3.05, 3.63) is 30.3 Å². The molecule has 0 unspecified atom stereocenters. The van der Waals surface area contributed by atoms with Gasteiger partial charge >= 0.3 is 5.97 Å². The van der Waals surface area contributed by atoms with E-state index in [1.54, 1.807) is 25.1 Å². The molecule has 1 amide bonds. The Morgan fingerprint density at radius 3 is 2.35 bits per heavy atom. The van der Waals surface area contributed by atoms with Gasteiger partial charge < -0.3 is 10.0 Å². The van der Waals surface area contributed by atoms with E-state index < -0.39 is 35.0 Å². The van der Waals surface area contributed by atoms with Crippen LogP contribution in [0, 0.1) is 0 Å². The normalized spacial score (nSPS) is 11.1. The molecule has 0 radical (unpaired) electrons. The van der Waals surface area contributed by atoms with Crippen molar-refractivity contribution in [2.75, 3.05) is 19.6 Å². The predicted octanol–water partition coefficient (Wildman–Crippen LogP) is -0.102. The van der Waals surface area contributed by atoms with Gasteiger partial charge in [0, 0.05) is 6.54 Å². The molecule has 20 heavy (non-hydrogen) atoms. The molecule has 0 aliphatic carbocycles. The van der Waals surface area contributed by atoms with E-state index in [4.69, 9.17) is 5.11 Å². The molecule has 2 N–H and O–H groups in total. The average molecular weight is 300 g/mol. The summed E-state index contributed by atoms with van der Waals surface area (Å²) in [6, 6.07) is 7.62. The van der Waals surface area contributed by atoms with Crippen molar-refractivity contribution in [2.45, 2.75) is 11.8 Å². The standard InChI is InChI=1S/C12H16N2O5S/c1-2-14(9-12(16)17)11(15)8-13-20(18,19)10-6-4-3-5-7-10/h3-7,13H,2,8-9H2,1H3,(H,16,17). The van der Waals surface area contributed by atoms with Crippen LogP contribution in [-0.2, 0) is 19.6 Å². The van der Waals surface area contributed by atoms with Crippen LogP contribution < -0.4 is 4.72 Å². The summed E-state index contributed by atoms with van der Waals surface area (Å²) < 4.78 is 25.9. The van der Waals surface area contributed by atoms with Gasteiger partial charge in [0.05, 0.1) is 11.4 Å². The van der Waals surface area contributed by atoms with Gasteiger partial charge in [-0.15, -0.1) is 0 Å². The summed E-state index contributed by atoms with van der Waals surface area (Å²) in [4.78, 5) is 23.4. The van der Waals surface area contributed by atoms with E-state index in [0.29, 0.717) is 0 Å². The second kappa shape index (κ2) is 7.01. The zero-order valence-corrected chi connectivity index (χ0v) is 11.8. The van der Waals surface area contributed by atoms with Gasteiger partial charge in [-0.05, 0) is 19.1 Å². The molecule has 0 spiro atoms. The van der Waals surface area contributed by atoms with Crippen LogP contribution >= 0.6 is 0 Å². The summed E-state index contributed by atoms with van der Waals surface area (Å²) in [5.74, 6) is -1.74. The molecule has 0 saturated heterocycles. The third-order valence-electron chi connectivity index (χ3n) is 2.53. The number of nitrogens with zero attached hydrogens (tertiary/aromatic N) is 1. The molecule has 0 bridgehead atoms. The van der Waals surface area contributed by atoms with Gasteiger partial charge in [-0.25, -0.2) is 13.1 Å². The minimum absolute atomic E-state index is 0.0501. The molecule has 0 saturated carbocycles. The predicted molar refractivity (Wildman–Crippen MR) is 71.5 cm³/mol. The maximum absolute atomic E-state index is 11.9. The number of nitrogens with one attached hydrogen (secondary N) is 1. The van der Waals surface area contributed by atoms with Crippen molar-refractivity contribution < 1.29 is 23.1 Å². The first-order valence-electron chi connectivity index (χ1n) is 5.91. The highest BCUT2D eigenvalue weighted by Gasteiger charge is 2.19. The molecule has 0 aliphatic heterocycles. The number of hydrogen-bond acceptors (Lipinski definition) is 4. The number of amides is 1. The van der Waals surface area contributed by atoms with E-state index in [0.717, 1.165) is 4.90 Å². The zero-order chi connectivity index (χ0) is 15.2. The first-order chi connectivity index (χ1) is 9.36. The SMILES string of the molecule is CCN(CC(=O)O)C(=O)CNS(=O)(=O)c1ccccc1. The van der Waals surface area contributed by atoms with Crippen LogP contribution in [0.4, 0.5) is 0 Å². The van der Waals surface area contributed by atoms with Crippen LogP contribution in [0.5, 0.6) is 0 Å². The van der Waals surface area contributed by atoms with Crippen LogP contribution in [0.15, 0.2) is 35.2 Å². The molecule has 0 heterocycles. The second-order valence-corrected chi connectivity index (χ2v) is 5.71. The largest absolute Gasteiger partial charge is 0.480 e. The number of carbonyl (C=O) groups excluding carboxylic acids is 1. The summed E-state index contributed by atoms with van der Waals surface area (Å²) in [5, 5.41) is 8.64. The van der Waals surface area contributed by atoms with Crippen LogP contribution in [-0.4, -0.2) is 49.9 Å². The molecule has 0 atom stereocenters. The van der Waals surface area contributed by atoms with Crippen molar-refractivity contribution >= 4 is 21.9 Å². The van der Waals surface area contributed by atoms with Crippen molar-refractivity contribution in [1.82, 2.24) is 9.62 Å². The van der Waals surface area contributed by atoms with Crippen LogP contribution in [0.1, 0.15) is 6.92 Å². The van der Waals surface area contributed by atoms with Gasteiger partial charge in [0.15, 0.2) is 0 Å². The quantitative estimate of drug-likeness (QED) is 0.731. The van der Waals surface area contributed by atoms with E-state index in [-0.39, 0.29) is 11.4 Å². The fraction of sp³-hybridized carbons (Fsp3) is 0.333. The number of carboxylic acids is 1. The van der Waals surface area contributed by atoms with Crippen molar-refractivity contribution in [1.29, 1.82) is 0 Å². The Labute approximate surface area is 117 Å². The van der Waals surface area contributed by atoms with Gasteiger partial charge in [-0.2, -0.15) is 0 Å². The number of carbonyl (C=O) groups is 2. The van der Waals surface area contributed by atoms with Crippen LogP contribution in [0.25, 0.3) is 0 Å². The van der Waals surface area contributed by atoms with E-state index in [1.807, 2.05) is 0 Å². The van der Waals surface area contributed by atoms with E-state index in [1.165, 1.54) is 12.1 Å². The monoisotopic (exact) mass is 300 g/mol. The van der Waals surface area contributed by atoms with E-state index in [9.17, 15) is 18.0 Å². The van der Waals surface area contributed by atoms with Gasteiger partial charge in [-0.1, -0.05) is 18.2 Å². The number of rotatable bonds is 7. The minimum Gasteiger partial charge on any atom is -0.480 e. The van der Waals surface area contributed by atoms with Gasteiger partial charge in [0.2, 0.25) is 15.9 Å². The second-order valence-electron chi connectivity index (χ2n) is 3.94. The first kappa shape index (κ1) is 16.1. The lowest BCUT2D eigenvalue weighted by atomic mass is 10.4. The lowest BCUT2D eigenvalue weighted by molar-refractivity contribution is -0.143. The Morgan fingerprint density at radius 2 is 1.85 bits per heavy atom. The highest BCUT2D eigenvalue weighted by atomic mass is 32.2. The van der Waals surface area contributed by atoms with Gasteiger partial charge in [-0.3, -0.25) is 9.59 Å². The fourth-order valence-corrected chi connectivity index (χ4v) is 2.49. The molecular weight excluding hydrogens is 284 g/mol. The Kier molecular flexibility index (Phi) is 5.66. The Hall–Kier alpha value is -1.93. The molecular formula is C12H16N2O5S. The number of sulfonamides is 1. The molecule has 1 aromatic carbocycles. The van der Waals surface area contributed by atoms with Crippen LogP contribution in [0.2, 0.25) is 0 Å². The Morgan fingerprint density at radius 1 is 1.25 bits per heavy atom. The zero-order valence-electron chi connectivity index (χ0n) is 10.9. The number of benzene rings is 1. The number of likely N-dealkylation sites (N-methyl/N-ethyl adjacent to an activating group) is 1. The van der Waals surface area contributed by atoms with Gasteiger partial charge in [0.1, 0.15) is 6.54 Å². The van der Waals surface area contributed by atoms with E-state index >= 15 is 0 Å². The third-order valence-corrected chi connectivity index (χ3v) is 3.94. The highest BCUT2D eigenvalue weighted by Crippen LogP contribution is 2.06. The molecule has 7 nitrogen and oxygen atoms in total. The maximum Gasteiger partial charge on any atom is 0.323 e. The summed E-state index contributed by atoms with van der Waals surface area (Å²) >= 11 is 0. The molecule has 0 fully saturated rings. The van der Waals surface area contributed by atoms with Crippen molar-refractivity contribution in [3.8, 4) is 0 Å². The number of carboxylic acid groups (broad SMARTS) is 1. The summed E-state index contributed by atoms with van der Waals surface area (Å²) in [6.45, 7) is 0.880. The van der Waals surface area contributed by atoms with Crippen LogP contribution in [0.3, 0.4) is 0 Å². The maximum atomic E-state index is 11.9. The Bertz CT molecular complexity index is 571. The van der Waals surface area contributed by atoms with E-state index in [2.05, 4.69) is 4.72 Å². The lowest BCUT2D eigenvalue weighted by Crippen LogP contribution is -2.42. The average Bonchev–Trinajstić information content (AvgIpc) is 2.43. The Balaban J connectivity index is 2.66. The third kappa shape index (κ3) is 4.63.